The van der Waals surface area contributed by atoms with E-state index in [2.05, 4.69) is 14.5 Å². The van der Waals surface area contributed by atoms with Crippen LogP contribution < -0.4 is 0 Å². The van der Waals surface area contributed by atoms with Gasteiger partial charge in [0.15, 0.2) is 0 Å². The standard InChI is InChI=1S/C16H15Cl2N3/c17-7-3-16-20-14-11-13(18)1-2-15(14)21(16)10-6-12-4-8-19-9-5-12/h1-2,4-5,8-9,11H,3,6-7,10H2. The quantitative estimate of drug-likeness (QED) is 0.662. The zero-order valence-electron chi connectivity index (χ0n) is 11.5. The number of aromatic nitrogens is 3. The van der Waals surface area contributed by atoms with Gasteiger partial charge in [-0.25, -0.2) is 4.98 Å². The Morgan fingerprint density at radius 3 is 2.62 bits per heavy atom. The molecule has 0 aliphatic carbocycles. The molecule has 0 spiro atoms. The summed E-state index contributed by atoms with van der Waals surface area (Å²) in [5.74, 6) is 1.57. The third kappa shape index (κ3) is 3.20. The van der Waals surface area contributed by atoms with E-state index >= 15 is 0 Å². The molecule has 0 saturated carbocycles. The molecule has 0 amide bonds. The second-order valence-corrected chi connectivity index (χ2v) is 5.67. The van der Waals surface area contributed by atoms with Crippen LogP contribution in [0.25, 0.3) is 11.0 Å². The first-order valence-electron chi connectivity index (χ1n) is 6.87. The van der Waals surface area contributed by atoms with Crippen LogP contribution in [-0.2, 0) is 19.4 Å². The van der Waals surface area contributed by atoms with E-state index in [9.17, 15) is 0 Å². The average molecular weight is 320 g/mol. The van der Waals surface area contributed by atoms with E-state index in [0.717, 1.165) is 36.2 Å². The van der Waals surface area contributed by atoms with E-state index in [-0.39, 0.29) is 0 Å². The lowest BCUT2D eigenvalue weighted by atomic mass is 10.2. The first-order valence-corrected chi connectivity index (χ1v) is 7.78. The molecular weight excluding hydrogens is 305 g/mol. The molecule has 0 aliphatic heterocycles. The number of alkyl halides is 1. The Morgan fingerprint density at radius 1 is 1.05 bits per heavy atom. The topological polar surface area (TPSA) is 30.7 Å². The predicted octanol–water partition coefficient (Wildman–Crippen LogP) is 4.11. The van der Waals surface area contributed by atoms with Gasteiger partial charge in [0.05, 0.1) is 11.0 Å². The highest BCUT2D eigenvalue weighted by Crippen LogP contribution is 2.21. The van der Waals surface area contributed by atoms with Gasteiger partial charge in [0.1, 0.15) is 5.82 Å². The van der Waals surface area contributed by atoms with Crippen molar-refractivity contribution in [3.63, 3.8) is 0 Å². The Balaban J connectivity index is 1.93. The van der Waals surface area contributed by atoms with Crippen molar-refractivity contribution < 1.29 is 0 Å². The van der Waals surface area contributed by atoms with Gasteiger partial charge in [0.25, 0.3) is 0 Å². The van der Waals surface area contributed by atoms with Crippen LogP contribution in [0.15, 0.2) is 42.7 Å². The average Bonchev–Trinajstić information content (AvgIpc) is 2.83. The van der Waals surface area contributed by atoms with Crippen molar-refractivity contribution >= 4 is 34.2 Å². The van der Waals surface area contributed by atoms with Crippen molar-refractivity contribution in [2.45, 2.75) is 19.4 Å². The summed E-state index contributed by atoms with van der Waals surface area (Å²) in [5, 5.41) is 0.707. The van der Waals surface area contributed by atoms with Crippen molar-refractivity contribution in [2.24, 2.45) is 0 Å². The van der Waals surface area contributed by atoms with Gasteiger partial charge in [-0.05, 0) is 42.3 Å². The van der Waals surface area contributed by atoms with Gasteiger partial charge in [-0.3, -0.25) is 4.98 Å². The monoisotopic (exact) mass is 319 g/mol. The maximum Gasteiger partial charge on any atom is 0.111 e. The van der Waals surface area contributed by atoms with Gasteiger partial charge in [0, 0.05) is 36.3 Å². The Labute approximate surface area is 133 Å². The van der Waals surface area contributed by atoms with Gasteiger partial charge >= 0.3 is 0 Å². The van der Waals surface area contributed by atoms with Crippen LogP contribution in [0.3, 0.4) is 0 Å². The van der Waals surface area contributed by atoms with Gasteiger partial charge in [-0.1, -0.05) is 11.6 Å². The van der Waals surface area contributed by atoms with Gasteiger partial charge in [-0.15, -0.1) is 11.6 Å². The number of fused-ring (bicyclic) bond motifs is 1. The van der Waals surface area contributed by atoms with Crippen molar-refractivity contribution in [3.05, 3.63) is 59.1 Å². The summed E-state index contributed by atoms with van der Waals surface area (Å²) >= 11 is 11.9. The molecule has 108 valence electrons. The van der Waals surface area contributed by atoms with E-state index in [1.165, 1.54) is 5.56 Å². The summed E-state index contributed by atoms with van der Waals surface area (Å²) in [6.07, 6.45) is 5.33. The third-order valence-corrected chi connectivity index (χ3v) is 3.90. The normalized spacial score (nSPS) is 11.1. The lowest BCUT2D eigenvalue weighted by Crippen LogP contribution is -2.07. The molecule has 2 aromatic heterocycles. The summed E-state index contributed by atoms with van der Waals surface area (Å²) in [6, 6.07) is 9.90. The Morgan fingerprint density at radius 2 is 1.86 bits per heavy atom. The van der Waals surface area contributed by atoms with Crippen LogP contribution in [0.5, 0.6) is 0 Å². The zero-order valence-corrected chi connectivity index (χ0v) is 13.0. The third-order valence-electron chi connectivity index (χ3n) is 3.48. The summed E-state index contributed by atoms with van der Waals surface area (Å²) < 4.78 is 2.23. The number of halogens is 2. The number of nitrogens with zero attached hydrogens (tertiary/aromatic N) is 3. The number of aryl methyl sites for hydroxylation is 3. The zero-order chi connectivity index (χ0) is 14.7. The largest absolute Gasteiger partial charge is 0.328 e. The number of hydrogen-bond donors (Lipinski definition) is 0. The van der Waals surface area contributed by atoms with Gasteiger partial charge < -0.3 is 4.57 Å². The minimum absolute atomic E-state index is 0.562. The molecule has 3 nitrogen and oxygen atoms in total. The molecule has 0 atom stereocenters. The molecule has 0 radical (unpaired) electrons. The van der Waals surface area contributed by atoms with E-state index in [0.29, 0.717) is 10.9 Å². The summed E-state index contributed by atoms with van der Waals surface area (Å²) in [7, 11) is 0. The van der Waals surface area contributed by atoms with E-state index in [1.54, 1.807) is 0 Å². The lowest BCUT2D eigenvalue weighted by molar-refractivity contribution is 0.674. The molecule has 21 heavy (non-hydrogen) atoms. The Hall–Kier alpha value is -1.58. The molecule has 3 aromatic rings. The Bertz CT molecular complexity index is 738. The predicted molar refractivity (Wildman–Crippen MR) is 87.1 cm³/mol. The maximum absolute atomic E-state index is 6.05. The molecule has 5 heteroatoms. The van der Waals surface area contributed by atoms with Crippen LogP contribution >= 0.6 is 23.2 Å². The molecule has 1 aromatic carbocycles. The highest BCUT2D eigenvalue weighted by atomic mass is 35.5. The second-order valence-electron chi connectivity index (χ2n) is 4.86. The maximum atomic E-state index is 6.05. The van der Waals surface area contributed by atoms with Crippen molar-refractivity contribution in [1.82, 2.24) is 14.5 Å². The minimum atomic E-state index is 0.562. The first-order chi connectivity index (χ1) is 10.3. The number of benzene rings is 1. The van der Waals surface area contributed by atoms with Crippen LogP contribution in [0.1, 0.15) is 11.4 Å². The molecule has 0 N–H and O–H groups in total. The van der Waals surface area contributed by atoms with Crippen LogP contribution in [-0.4, -0.2) is 20.4 Å². The smallest absolute Gasteiger partial charge is 0.111 e. The number of imidazole rings is 1. The van der Waals surface area contributed by atoms with Crippen molar-refractivity contribution in [1.29, 1.82) is 0 Å². The number of rotatable bonds is 5. The summed E-state index contributed by atoms with van der Waals surface area (Å²) in [5.41, 5.74) is 3.29. The van der Waals surface area contributed by atoms with Crippen LogP contribution in [0.2, 0.25) is 5.02 Å². The highest BCUT2D eigenvalue weighted by Gasteiger charge is 2.10. The molecular formula is C16H15Cl2N3. The fourth-order valence-corrected chi connectivity index (χ4v) is 2.80. The highest BCUT2D eigenvalue weighted by molar-refractivity contribution is 6.31. The molecule has 0 saturated heterocycles. The lowest BCUT2D eigenvalue weighted by Gasteiger charge is -2.08. The Kier molecular flexibility index (Phi) is 4.42. The van der Waals surface area contributed by atoms with Gasteiger partial charge in [-0.2, -0.15) is 0 Å². The number of hydrogen-bond acceptors (Lipinski definition) is 2. The first kappa shape index (κ1) is 14.4. The molecule has 0 bridgehead atoms. The molecule has 3 rings (SSSR count). The summed E-state index contributed by atoms with van der Waals surface area (Å²) in [4.78, 5) is 8.70. The summed E-state index contributed by atoms with van der Waals surface area (Å²) in [6.45, 7) is 0.869. The molecule has 0 fully saturated rings. The van der Waals surface area contributed by atoms with Crippen molar-refractivity contribution in [3.8, 4) is 0 Å². The van der Waals surface area contributed by atoms with E-state index in [1.807, 2.05) is 42.7 Å². The van der Waals surface area contributed by atoms with Crippen molar-refractivity contribution in [2.75, 3.05) is 5.88 Å². The second kappa shape index (κ2) is 6.46. The molecule has 2 heterocycles. The SMILES string of the molecule is ClCCc1nc2cc(Cl)ccc2n1CCc1ccncc1. The fraction of sp³-hybridized carbons (Fsp3) is 0.250. The minimum Gasteiger partial charge on any atom is -0.328 e. The van der Waals surface area contributed by atoms with Gasteiger partial charge in [0.2, 0.25) is 0 Å². The van der Waals surface area contributed by atoms with E-state index in [4.69, 9.17) is 23.2 Å². The molecule has 0 aliphatic rings. The number of pyridine rings is 1. The van der Waals surface area contributed by atoms with E-state index < -0.39 is 0 Å². The van der Waals surface area contributed by atoms with Crippen LogP contribution in [0.4, 0.5) is 0 Å². The van der Waals surface area contributed by atoms with Crippen LogP contribution in [0, 0.1) is 0 Å². The molecule has 0 unspecified atom stereocenters. The fourth-order valence-electron chi connectivity index (χ4n) is 2.47.